The Morgan fingerprint density at radius 2 is 1.93 bits per heavy atom. The maximum atomic E-state index is 11.8. The zero-order chi connectivity index (χ0) is 11.5. The van der Waals surface area contributed by atoms with Gasteiger partial charge in [-0.2, -0.15) is 0 Å². The highest BCUT2D eigenvalue weighted by Gasteiger charge is 2.28. The molecule has 90 valence electrons. The molecule has 0 amide bonds. The molecule has 0 spiro atoms. The number of aliphatic hydroxyl groups is 1. The molecule has 0 saturated carbocycles. The number of rotatable bonds is 4. The Morgan fingerprint density at radius 1 is 1.40 bits per heavy atom. The average Bonchev–Trinajstić information content (AvgIpc) is 2.16. The van der Waals surface area contributed by atoms with Crippen LogP contribution in [-0.4, -0.2) is 44.1 Å². The third-order valence-electron chi connectivity index (χ3n) is 2.31. The van der Waals surface area contributed by atoms with E-state index >= 15 is 0 Å². The minimum atomic E-state index is -3.31. The van der Waals surface area contributed by atoms with Crippen molar-refractivity contribution in [1.82, 2.24) is 4.72 Å². The number of nitrogens with one attached hydrogen (secondary N) is 1. The van der Waals surface area contributed by atoms with Gasteiger partial charge in [-0.3, -0.25) is 0 Å². The maximum absolute atomic E-state index is 11.8. The van der Waals surface area contributed by atoms with Gasteiger partial charge in [-0.05, 0) is 26.7 Å². The second-order valence-electron chi connectivity index (χ2n) is 4.49. The Kier molecular flexibility index (Phi) is 4.11. The molecule has 0 aromatic carbocycles. The van der Waals surface area contributed by atoms with E-state index in [0.29, 0.717) is 26.1 Å². The van der Waals surface area contributed by atoms with Crippen LogP contribution in [0.2, 0.25) is 0 Å². The Bertz CT molecular complexity index is 288. The summed E-state index contributed by atoms with van der Waals surface area (Å²) in [5, 5.41) is 9.05. The third-order valence-corrected chi connectivity index (χ3v) is 4.21. The lowest BCUT2D eigenvalue weighted by atomic mass is 10.1. The van der Waals surface area contributed by atoms with Crippen molar-refractivity contribution in [3.8, 4) is 0 Å². The summed E-state index contributed by atoms with van der Waals surface area (Å²) in [6, 6.07) is 0. The first-order chi connectivity index (χ1) is 6.81. The van der Waals surface area contributed by atoms with Crippen molar-refractivity contribution >= 4 is 10.0 Å². The second kappa shape index (κ2) is 4.78. The number of hydrogen-bond donors (Lipinski definition) is 2. The van der Waals surface area contributed by atoms with E-state index in [1.165, 1.54) is 0 Å². The van der Waals surface area contributed by atoms with E-state index in [4.69, 9.17) is 4.74 Å². The minimum absolute atomic E-state index is 0.0483. The van der Waals surface area contributed by atoms with E-state index in [1.54, 1.807) is 13.8 Å². The van der Waals surface area contributed by atoms with Crippen LogP contribution in [0.1, 0.15) is 26.7 Å². The fraction of sp³-hybridized carbons (Fsp3) is 1.00. The molecule has 1 rings (SSSR count). The van der Waals surface area contributed by atoms with Crippen LogP contribution in [0.15, 0.2) is 0 Å². The van der Waals surface area contributed by atoms with E-state index in [0.717, 1.165) is 0 Å². The van der Waals surface area contributed by atoms with Crippen LogP contribution in [0.5, 0.6) is 0 Å². The van der Waals surface area contributed by atoms with Crippen LogP contribution >= 0.6 is 0 Å². The summed E-state index contributed by atoms with van der Waals surface area (Å²) in [5.41, 5.74) is -1.02. The first-order valence-corrected chi connectivity index (χ1v) is 6.64. The normalized spacial score (nSPS) is 20.5. The predicted octanol–water partition coefficient (Wildman–Crippen LogP) is -0.144. The van der Waals surface area contributed by atoms with Gasteiger partial charge in [-0.1, -0.05) is 0 Å². The summed E-state index contributed by atoms with van der Waals surface area (Å²) < 4.78 is 31.0. The van der Waals surface area contributed by atoms with Gasteiger partial charge >= 0.3 is 0 Å². The third kappa shape index (κ3) is 4.46. The highest BCUT2D eigenvalue weighted by molar-refractivity contribution is 7.90. The van der Waals surface area contributed by atoms with Crippen molar-refractivity contribution in [3.05, 3.63) is 0 Å². The fourth-order valence-corrected chi connectivity index (χ4v) is 2.98. The number of ether oxygens (including phenoxy) is 1. The van der Waals surface area contributed by atoms with Crippen LogP contribution in [0.25, 0.3) is 0 Å². The van der Waals surface area contributed by atoms with Gasteiger partial charge in [0, 0.05) is 19.8 Å². The van der Waals surface area contributed by atoms with Crippen molar-refractivity contribution in [2.24, 2.45) is 0 Å². The smallest absolute Gasteiger partial charge is 0.214 e. The van der Waals surface area contributed by atoms with E-state index in [2.05, 4.69) is 4.72 Å². The molecular weight excluding hydrogens is 218 g/mol. The van der Waals surface area contributed by atoms with Crippen molar-refractivity contribution in [1.29, 1.82) is 0 Å². The van der Waals surface area contributed by atoms with Crippen molar-refractivity contribution in [3.63, 3.8) is 0 Å². The molecular formula is C9H19NO4S. The van der Waals surface area contributed by atoms with Crippen LogP contribution in [0, 0.1) is 0 Å². The fourth-order valence-electron chi connectivity index (χ4n) is 1.38. The molecule has 1 aliphatic rings. The topological polar surface area (TPSA) is 75.6 Å². The van der Waals surface area contributed by atoms with Gasteiger partial charge in [0.1, 0.15) is 0 Å². The summed E-state index contributed by atoms with van der Waals surface area (Å²) in [7, 11) is -3.31. The minimum Gasteiger partial charge on any atom is -0.389 e. The summed E-state index contributed by atoms with van der Waals surface area (Å²) in [4.78, 5) is 0. The van der Waals surface area contributed by atoms with Gasteiger partial charge in [-0.15, -0.1) is 0 Å². The Balaban J connectivity index is 2.51. The molecule has 0 bridgehead atoms. The van der Waals surface area contributed by atoms with Gasteiger partial charge in [0.15, 0.2) is 0 Å². The zero-order valence-electron chi connectivity index (χ0n) is 9.19. The van der Waals surface area contributed by atoms with Crippen LogP contribution < -0.4 is 4.72 Å². The lowest BCUT2D eigenvalue weighted by Gasteiger charge is -2.24. The highest BCUT2D eigenvalue weighted by atomic mass is 32.2. The summed E-state index contributed by atoms with van der Waals surface area (Å²) in [5.74, 6) is 0. The van der Waals surface area contributed by atoms with E-state index in [1.807, 2.05) is 0 Å². The van der Waals surface area contributed by atoms with Gasteiger partial charge in [0.25, 0.3) is 0 Å². The van der Waals surface area contributed by atoms with Crippen LogP contribution in [0.4, 0.5) is 0 Å². The molecule has 1 aliphatic heterocycles. The predicted molar refractivity (Wildman–Crippen MR) is 57.1 cm³/mol. The molecule has 0 unspecified atom stereocenters. The van der Waals surface area contributed by atoms with Gasteiger partial charge in [-0.25, -0.2) is 13.1 Å². The van der Waals surface area contributed by atoms with E-state index in [9.17, 15) is 13.5 Å². The first kappa shape index (κ1) is 12.9. The quantitative estimate of drug-likeness (QED) is 0.713. The first-order valence-electron chi connectivity index (χ1n) is 5.10. The van der Waals surface area contributed by atoms with E-state index < -0.39 is 15.6 Å². The Labute approximate surface area is 90.9 Å². The van der Waals surface area contributed by atoms with Gasteiger partial charge in [0.05, 0.1) is 10.9 Å². The lowest BCUT2D eigenvalue weighted by Crippen LogP contribution is -2.44. The molecule has 0 aromatic rings. The molecule has 15 heavy (non-hydrogen) atoms. The summed E-state index contributed by atoms with van der Waals surface area (Å²) >= 11 is 0. The lowest BCUT2D eigenvalue weighted by molar-refractivity contribution is 0.0844. The maximum Gasteiger partial charge on any atom is 0.214 e. The largest absolute Gasteiger partial charge is 0.389 e. The molecule has 0 aromatic heterocycles. The van der Waals surface area contributed by atoms with Crippen molar-refractivity contribution in [2.45, 2.75) is 37.5 Å². The van der Waals surface area contributed by atoms with Crippen LogP contribution in [-0.2, 0) is 14.8 Å². The molecule has 1 heterocycles. The number of hydrogen-bond acceptors (Lipinski definition) is 4. The monoisotopic (exact) mass is 237 g/mol. The van der Waals surface area contributed by atoms with Gasteiger partial charge in [0.2, 0.25) is 10.0 Å². The Morgan fingerprint density at radius 3 is 2.40 bits per heavy atom. The molecule has 6 heteroatoms. The molecule has 2 N–H and O–H groups in total. The molecule has 5 nitrogen and oxygen atoms in total. The molecule has 1 saturated heterocycles. The number of sulfonamides is 1. The van der Waals surface area contributed by atoms with Crippen molar-refractivity contribution < 1.29 is 18.3 Å². The van der Waals surface area contributed by atoms with Crippen LogP contribution in [0.3, 0.4) is 0 Å². The van der Waals surface area contributed by atoms with Gasteiger partial charge < -0.3 is 9.84 Å². The average molecular weight is 237 g/mol. The SMILES string of the molecule is CC(C)(O)CNS(=O)(=O)C1CCOCC1. The molecule has 1 fully saturated rings. The summed E-state index contributed by atoms with van der Waals surface area (Å²) in [6.07, 6.45) is 1.06. The van der Waals surface area contributed by atoms with Crippen molar-refractivity contribution in [2.75, 3.05) is 19.8 Å². The second-order valence-corrected chi connectivity index (χ2v) is 6.54. The van der Waals surface area contributed by atoms with E-state index in [-0.39, 0.29) is 11.8 Å². The Hall–Kier alpha value is -0.170. The summed E-state index contributed by atoms with van der Waals surface area (Å²) in [6.45, 7) is 4.17. The molecule has 0 radical (unpaired) electrons. The molecule has 0 atom stereocenters. The molecule has 0 aliphatic carbocycles. The standard InChI is InChI=1S/C9H19NO4S/c1-9(2,11)7-10-15(12,13)8-3-5-14-6-4-8/h8,10-11H,3-7H2,1-2H3. The zero-order valence-corrected chi connectivity index (χ0v) is 10.0. The highest BCUT2D eigenvalue weighted by Crippen LogP contribution is 2.15.